The van der Waals surface area contributed by atoms with E-state index in [1.165, 1.54) is 0 Å². The Kier molecular flexibility index (Phi) is 3.64. The summed E-state index contributed by atoms with van der Waals surface area (Å²) in [5.74, 6) is 0.125. The predicted octanol–water partition coefficient (Wildman–Crippen LogP) is 0.545. The minimum Gasteiger partial charge on any atom is -0.481 e. The summed E-state index contributed by atoms with van der Waals surface area (Å²) < 4.78 is 1.92. The van der Waals surface area contributed by atoms with Crippen molar-refractivity contribution in [3.8, 4) is 0 Å². The van der Waals surface area contributed by atoms with Crippen LogP contribution in [-0.2, 0) is 11.8 Å². The van der Waals surface area contributed by atoms with Gasteiger partial charge < -0.3 is 15.0 Å². The molecule has 1 rings (SSSR count). The van der Waals surface area contributed by atoms with Crippen molar-refractivity contribution in [3.63, 3.8) is 0 Å². The van der Waals surface area contributed by atoms with Crippen LogP contribution in [0.5, 0.6) is 0 Å². The van der Waals surface area contributed by atoms with E-state index in [2.05, 4.69) is 10.3 Å². The van der Waals surface area contributed by atoms with Gasteiger partial charge in [-0.1, -0.05) is 0 Å². The number of rotatable bonds is 5. The summed E-state index contributed by atoms with van der Waals surface area (Å²) in [6.45, 7) is 2.42. The molecule has 78 valence electrons. The van der Waals surface area contributed by atoms with Crippen molar-refractivity contribution in [1.29, 1.82) is 0 Å². The number of carboxylic acid groups (broad SMARTS) is 1. The van der Waals surface area contributed by atoms with Gasteiger partial charge in [0.1, 0.15) is 5.82 Å². The maximum atomic E-state index is 10.3. The number of imidazole rings is 1. The van der Waals surface area contributed by atoms with Gasteiger partial charge in [0.15, 0.2) is 0 Å². The average Bonchev–Trinajstić information content (AvgIpc) is 2.50. The fraction of sp³-hybridized carbons (Fsp3) is 0.556. The predicted molar refractivity (Wildman–Crippen MR) is 51.9 cm³/mol. The summed E-state index contributed by atoms with van der Waals surface area (Å²) in [6.07, 6.45) is 3.73. The van der Waals surface area contributed by atoms with E-state index < -0.39 is 5.97 Å². The second-order valence-electron chi connectivity index (χ2n) is 3.22. The first-order valence-corrected chi connectivity index (χ1v) is 4.53. The summed E-state index contributed by atoms with van der Waals surface area (Å²) in [7, 11) is 1.91. The number of aryl methyl sites for hydroxylation is 1. The number of nitrogens with one attached hydrogen (secondary N) is 1. The van der Waals surface area contributed by atoms with Crippen molar-refractivity contribution >= 4 is 5.97 Å². The summed E-state index contributed by atoms with van der Waals surface area (Å²) in [6, 6.07) is 0.0781. The Labute approximate surface area is 82.8 Å². The van der Waals surface area contributed by atoms with Crippen LogP contribution in [0.25, 0.3) is 0 Å². The summed E-state index contributed by atoms with van der Waals surface area (Å²) in [5, 5.41) is 11.5. The van der Waals surface area contributed by atoms with Gasteiger partial charge in [0.2, 0.25) is 0 Å². The van der Waals surface area contributed by atoms with E-state index in [0.717, 1.165) is 5.82 Å². The van der Waals surface area contributed by atoms with E-state index in [1.54, 1.807) is 6.20 Å². The molecule has 14 heavy (non-hydrogen) atoms. The van der Waals surface area contributed by atoms with E-state index in [1.807, 2.05) is 24.7 Å². The van der Waals surface area contributed by atoms with Crippen molar-refractivity contribution in [2.24, 2.45) is 7.05 Å². The molecule has 0 amide bonds. The van der Waals surface area contributed by atoms with Crippen LogP contribution in [0, 0.1) is 0 Å². The van der Waals surface area contributed by atoms with Gasteiger partial charge in [0, 0.05) is 26.0 Å². The molecule has 1 atom stereocenters. The average molecular weight is 197 g/mol. The van der Waals surface area contributed by atoms with Gasteiger partial charge >= 0.3 is 5.97 Å². The van der Waals surface area contributed by atoms with Crippen molar-refractivity contribution in [2.75, 3.05) is 6.54 Å². The molecule has 1 heterocycles. The molecule has 0 fully saturated rings. The van der Waals surface area contributed by atoms with Crippen molar-refractivity contribution in [2.45, 2.75) is 19.4 Å². The first kappa shape index (κ1) is 10.7. The van der Waals surface area contributed by atoms with Crippen LogP contribution in [0.2, 0.25) is 0 Å². The third-order valence-electron chi connectivity index (χ3n) is 2.04. The molecule has 0 saturated heterocycles. The Bertz CT molecular complexity index is 309. The lowest BCUT2D eigenvalue weighted by molar-refractivity contribution is -0.136. The van der Waals surface area contributed by atoms with Crippen LogP contribution >= 0.6 is 0 Å². The van der Waals surface area contributed by atoms with Crippen LogP contribution in [0.15, 0.2) is 12.4 Å². The largest absolute Gasteiger partial charge is 0.481 e. The van der Waals surface area contributed by atoms with E-state index in [4.69, 9.17) is 5.11 Å². The van der Waals surface area contributed by atoms with Gasteiger partial charge in [-0.25, -0.2) is 4.98 Å². The molecule has 0 spiro atoms. The smallest absolute Gasteiger partial charge is 0.304 e. The van der Waals surface area contributed by atoms with E-state index in [9.17, 15) is 4.79 Å². The topological polar surface area (TPSA) is 67.2 Å². The lowest BCUT2D eigenvalue weighted by Crippen LogP contribution is -2.24. The number of carboxylic acids is 1. The van der Waals surface area contributed by atoms with Crippen LogP contribution in [0.4, 0.5) is 0 Å². The molecular formula is C9H15N3O2. The first-order chi connectivity index (χ1) is 6.61. The second-order valence-corrected chi connectivity index (χ2v) is 3.22. The maximum Gasteiger partial charge on any atom is 0.304 e. The summed E-state index contributed by atoms with van der Waals surface area (Å²) >= 11 is 0. The number of nitrogens with zero attached hydrogens (tertiary/aromatic N) is 2. The number of aromatic nitrogens is 2. The lowest BCUT2D eigenvalue weighted by Gasteiger charge is -2.12. The fourth-order valence-corrected chi connectivity index (χ4v) is 1.28. The quantitative estimate of drug-likeness (QED) is 0.723. The Morgan fingerprint density at radius 2 is 2.50 bits per heavy atom. The monoisotopic (exact) mass is 197 g/mol. The number of aliphatic carboxylic acids is 1. The number of hydrogen-bond acceptors (Lipinski definition) is 3. The standard InChI is InChI=1S/C9H15N3O2/c1-7(10-4-3-8(13)14)9-11-5-6-12(9)2/h5-7,10H,3-4H2,1-2H3,(H,13,14). The zero-order valence-electron chi connectivity index (χ0n) is 8.40. The van der Waals surface area contributed by atoms with Gasteiger partial charge in [-0.3, -0.25) is 4.79 Å². The highest BCUT2D eigenvalue weighted by atomic mass is 16.4. The molecule has 1 aromatic rings. The Hall–Kier alpha value is -1.36. The van der Waals surface area contributed by atoms with Crippen molar-refractivity contribution in [3.05, 3.63) is 18.2 Å². The highest BCUT2D eigenvalue weighted by Crippen LogP contribution is 2.07. The number of hydrogen-bond donors (Lipinski definition) is 2. The second kappa shape index (κ2) is 4.76. The van der Waals surface area contributed by atoms with Crippen LogP contribution < -0.4 is 5.32 Å². The summed E-state index contributed by atoms with van der Waals surface area (Å²) in [5.41, 5.74) is 0. The Morgan fingerprint density at radius 1 is 1.79 bits per heavy atom. The molecule has 1 aromatic heterocycles. The molecule has 0 radical (unpaired) electrons. The van der Waals surface area contributed by atoms with Crippen LogP contribution in [-0.4, -0.2) is 27.2 Å². The normalized spacial score (nSPS) is 12.7. The number of carbonyl (C=O) groups is 1. The Balaban J connectivity index is 2.39. The molecule has 5 heteroatoms. The molecule has 0 aliphatic rings. The van der Waals surface area contributed by atoms with Crippen LogP contribution in [0.3, 0.4) is 0 Å². The molecule has 0 aromatic carbocycles. The third kappa shape index (κ3) is 2.85. The fourth-order valence-electron chi connectivity index (χ4n) is 1.28. The summed E-state index contributed by atoms with van der Waals surface area (Å²) in [4.78, 5) is 14.4. The van der Waals surface area contributed by atoms with Gasteiger partial charge in [0.25, 0.3) is 0 Å². The maximum absolute atomic E-state index is 10.3. The zero-order chi connectivity index (χ0) is 10.6. The molecule has 1 unspecified atom stereocenters. The highest BCUT2D eigenvalue weighted by Gasteiger charge is 2.09. The molecule has 0 saturated carbocycles. The van der Waals surface area contributed by atoms with Gasteiger partial charge in [0.05, 0.1) is 12.5 Å². The van der Waals surface area contributed by atoms with Crippen molar-refractivity contribution < 1.29 is 9.90 Å². The van der Waals surface area contributed by atoms with E-state index >= 15 is 0 Å². The van der Waals surface area contributed by atoms with Gasteiger partial charge in [-0.15, -0.1) is 0 Å². The molecule has 2 N–H and O–H groups in total. The minimum absolute atomic E-state index is 0.0781. The van der Waals surface area contributed by atoms with Crippen molar-refractivity contribution in [1.82, 2.24) is 14.9 Å². The zero-order valence-corrected chi connectivity index (χ0v) is 8.40. The minimum atomic E-state index is -0.787. The van der Waals surface area contributed by atoms with Gasteiger partial charge in [-0.05, 0) is 6.92 Å². The molecule has 0 aliphatic heterocycles. The molecule has 0 aliphatic carbocycles. The third-order valence-corrected chi connectivity index (χ3v) is 2.04. The van der Waals surface area contributed by atoms with E-state index in [-0.39, 0.29) is 12.5 Å². The SMILES string of the molecule is CC(NCCC(=O)O)c1nccn1C. The van der Waals surface area contributed by atoms with Gasteiger partial charge in [-0.2, -0.15) is 0 Å². The lowest BCUT2D eigenvalue weighted by atomic mass is 10.3. The first-order valence-electron chi connectivity index (χ1n) is 4.53. The molecule has 5 nitrogen and oxygen atoms in total. The molecular weight excluding hydrogens is 182 g/mol. The molecule has 0 bridgehead atoms. The highest BCUT2D eigenvalue weighted by molar-refractivity contribution is 5.66. The van der Waals surface area contributed by atoms with E-state index in [0.29, 0.717) is 6.54 Å². The van der Waals surface area contributed by atoms with Crippen LogP contribution in [0.1, 0.15) is 25.2 Å². The Morgan fingerprint density at radius 3 is 3.00 bits per heavy atom.